The monoisotopic (exact) mass is 340 g/mol. The highest BCUT2D eigenvalue weighted by Gasteiger charge is 2.27. The molecule has 0 saturated carbocycles. The summed E-state index contributed by atoms with van der Waals surface area (Å²) in [5.41, 5.74) is 1.24. The minimum atomic E-state index is -0.0114. The Morgan fingerprint density at radius 1 is 1.36 bits per heavy atom. The van der Waals surface area contributed by atoms with Gasteiger partial charge in [-0.15, -0.1) is 0 Å². The van der Waals surface area contributed by atoms with Crippen molar-refractivity contribution in [2.24, 2.45) is 0 Å². The van der Waals surface area contributed by atoms with Crippen molar-refractivity contribution in [3.05, 3.63) is 42.2 Å². The first-order valence-corrected chi connectivity index (χ1v) is 8.76. The Morgan fingerprint density at radius 2 is 2.24 bits per heavy atom. The average Bonchev–Trinajstić information content (AvgIpc) is 2.67. The number of benzene rings is 1. The van der Waals surface area contributed by atoms with E-state index in [0.29, 0.717) is 17.7 Å². The molecule has 1 unspecified atom stereocenters. The van der Waals surface area contributed by atoms with Gasteiger partial charge in [-0.25, -0.2) is 9.97 Å². The number of likely N-dealkylation sites (tertiary alicyclic amines) is 1. The zero-order chi connectivity index (χ0) is 17.6. The largest absolute Gasteiger partial charge is 0.497 e. The van der Waals surface area contributed by atoms with E-state index in [1.54, 1.807) is 19.4 Å². The lowest BCUT2D eigenvalue weighted by atomic mass is 9.99. The molecule has 2 heterocycles. The predicted octanol–water partition coefficient (Wildman–Crippen LogP) is 3.63. The van der Waals surface area contributed by atoms with Gasteiger partial charge in [0.2, 0.25) is 5.95 Å². The third-order valence-electron chi connectivity index (χ3n) is 4.56. The van der Waals surface area contributed by atoms with Crippen molar-refractivity contribution in [3.63, 3.8) is 0 Å². The number of aromatic nitrogens is 2. The van der Waals surface area contributed by atoms with Gasteiger partial charge in [0.25, 0.3) is 5.91 Å². The van der Waals surface area contributed by atoms with Crippen molar-refractivity contribution >= 4 is 17.5 Å². The summed E-state index contributed by atoms with van der Waals surface area (Å²) in [6, 6.07) is 9.50. The predicted molar refractivity (Wildman–Crippen MR) is 97.3 cm³/mol. The fourth-order valence-corrected chi connectivity index (χ4v) is 3.21. The molecule has 1 aliphatic rings. The highest BCUT2D eigenvalue weighted by molar-refractivity contribution is 5.92. The number of nitrogens with one attached hydrogen (secondary N) is 1. The molecule has 1 aromatic heterocycles. The zero-order valence-corrected chi connectivity index (χ0v) is 14.7. The number of rotatable bonds is 5. The van der Waals surface area contributed by atoms with Gasteiger partial charge in [-0.3, -0.25) is 4.79 Å². The lowest BCUT2D eigenvalue weighted by Gasteiger charge is -2.35. The number of hydrogen-bond donors (Lipinski definition) is 1. The molecule has 1 atom stereocenters. The molecule has 3 rings (SSSR count). The SMILES string of the molecule is CCC1CCCCN1C(=O)c1ccnc(Nc2cccc(OC)c2)n1. The van der Waals surface area contributed by atoms with Crippen molar-refractivity contribution < 1.29 is 9.53 Å². The molecule has 0 spiro atoms. The third kappa shape index (κ3) is 4.07. The summed E-state index contributed by atoms with van der Waals surface area (Å²) in [7, 11) is 1.62. The Labute approximate surface area is 148 Å². The van der Waals surface area contributed by atoms with Gasteiger partial charge >= 0.3 is 0 Å². The minimum absolute atomic E-state index is 0.0114. The molecule has 1 fully saturated rings. The highest BCUT2D eigenvalue weighted by atomic mass is 16.5. The number of anilines is 2. The number of piperidine rings is 1. The van der Waals surface area contributed by atoms with Crippen LogP contribution in [0, 0.1) is 0 Å². The van der Waals surface area contributed by atoms with E-state index in [0.717, 1.165) is 37.2 Å². The van der Waals surface area contributed by atoms with Gasteiger partial charge in [-0.1, -0.05) is 13.0 Å². The Hall–Kier alpha value is -2.63. The first-order valence-electron chi connectivity index (χ1n) is 8.76. The lowest BCUT2D eigenvalue weighted by Crippen LogP contribution is -2.43. The van der Waals surface area contributed by atoms with Crippen molar-refractivity contribution in [2.75, 3.05) is 19.0 Å². The number of hydrogen-bond acceptors (Lipinski definition) is 5. The van der Waals surface area contributed by atoms with E-state index < -0.39 is 0 Å². The summed E-state index contributed by atoms with van der Waals surface area (Å²) in [6.07, 6.45) is 5.92. The number of carbonyl (C=O) groups excluding carboxylic acids is 1. The quantitative estimate of drug-likeness (QED) is 0.900. The van der Waals surface area contributed by atoms with Crippen molar-refractivity contribution in [1.82, 2.24) is 14.9 Å². The van der Waals surface area contributed by atoms with E-state index in [4.69, 9.17) is 4.74 Å². The Bertz CT molecular complexity index is 735. The van der Waals surface area contributed by atoms with Crippen LogP contribution in [0.4, 0.5) is 11.6 Å². The van der Waals surface area contributed by atoms with Crippen LogP contribution in [-0.2, 0) is 0 Å². The number of nitrogens with zero attached hydrogens (tertiary/aromatic N) is 3. The fraction of sp³-hybridized carbons (Fsp3) is 0.421. The topological polar surface area (TPSA) is 67.4 Å². The van der Waals surface area contributed by atoms with Crippen LogP contribution in [0.25, 0.3) is 0 Å². The number of ether oxygens (including phenoxy) is 1. The fourth-order valence-electron chi connectivity index (χ4n) is 3.21. The molecule has 132 valence electrons. The van der Waals surface area contributed by atoms with Crippen molar-refractivity contribution in [1.29, 1.82) is 0 Å². The lowest BCUT2D eigenvalue weighted by molar-refractivity contribution is 0.0602. The molecule has 1 aromatic carbocycles. The number of amides is 1. The van der Waals surface area contributed by atoms with Crippen molar-refractivity contribution in [2.45, 2.75) is 38.6 Å². The molecule has 0 aliphatic carbocycles. The zero-order valence-electron chi connectivity index (χ0n) is 14.7. The molecule has 0 radical (unpaired) electrons. The standard InChI is InChI=1S/C19H24N4O2/c1-3-15-8-4-5-12-23(15)18(24)17-10-11-20-19(22-17)21-14-7-6-9-16(13-14)25-2/h6-7,9-11,13,15H,3-5,8,12H2,1-2H3,(H,20,21,22). The summed E-state index contributed by atoms with van der Waals surface area (Å²) >= 11 is 0. The van der Waals surface area contributed by atoms with Crippen LogP contribution < -0.4 is 10.1 Å². The van der Waals surface area contributed by atoms with Crippen LogP contribution >= 0.6 is 0 Å². The maximum atomic E-state index is 12.9. The molecular formula is C19H24N4O2. The van der Waals surface area contributed by atoms with E-state index in [9.17, 15) is 4.79 Å². The Balaban J connectivity index is 1.77. The van der Waals surface area contributed by atoms with Crippen LogP contribution in [0.5, 0.6) is 5.75 Å². The molecule has 1 N–H and O–H groups in total. The first kappa shape index (κ1) is 17.2. The van der Waals surface area contributed by atoms with Crippen molar-refractivity contribution in [3.8, 4) is 5.75 Å². The van der Waals surface area contributed by atoms with Gasteiger partial charge < -0.3 is 15.0 Å². The molecular weight excluding hydrogens is 316 g/mol. The number of methoxy groups -OCH3 is 1. The van der Waals surface area contributed by atoms with Gasteiger partial charge in [0, 0.05) is 30.5 Å². The van der Waals surface area contributed by atoms with Crippen LogP contribution in [-0.4, -0.2) is 40.5 Å². The van der Waals surface area contributed by atoms with Gasteiger partial charge in [0.05, 0.1) is 7.11 Å². The Morgan fingerprint density at radius 3 is 3.04 bits per heavy atom. The van der Waals surface area contributed by atoms with E-state index in [1.165, 1.54) is 6.42 Å². The molecule has 6 nitrogen and oxygen atoms in total. The molecule has 6 heteroatoms. The van der Waals surface area contributed by atoms with Crippen LogP contribution in [0.1, 0.15) is 43.1 Å². The summed E-state index contributed by atoms with van der Waals surface area (Å²) in [6.45, 7) is 2.94. The smallest absolute Gasteiger partial charge is 0.272 e. The van der Waals surface area contributed by atoms with E-state index in [-0.39, 0.29) is 5.91 Å². The molecule has 1 saturated heterocycles. The van der Waals surface area contributed by atoms with E-state index in [1.807, 2.05) is 29.2 Å². The minimum Gasteiger partial charge on any atom is -0.497 e. The Kier molecular flexibility index (Phi) is 5.48. The van der Waals surface area contributed by atoms with E-state index >= 15 is 0 Å². The van der Waals surface area contributed by atoms with Gasteiger partial charge in [0.15, 0.2) is 0 Å². The molecule has 1 aliphatic heterocycles. The highest BCUT2D eigenvalue weighted by Crippen LogP contribution is 2.22. The van der Waals surface area contributed by atoms with Gasteiger partial charge in [0.1, 0.15) is 11.4 Å². The third-order valence-corrected chi connectivity index (χ3v) is 4.56. The molecule has 2 aromatic rings. The first-order chi connectivity index (χ1) is 12.2. The molecule has 0 bridgehead atoms. The summed E-state index contributed by atoms with van der Waals surface area (Å²) in [5.74, 6) is 1.14. The van der Waals surface area contributed by atoms with Crippen LogP contribution in [0.3, 0.4) is 0 Å². The van der Waals surface area contributed by atoms with Crippen LogP contribution in [0.2, 0.25) is 0 Å². The van der Waals surface area contributed by atoms with E-state index in [2.05, 4.69) is 22.2 Å². The number of carbonyl (C=O) groups is 1. The second kappa shape index (κ2) is 7.96. The second-order valence-electron chi connectivity index (χ2n) is 6.18. The second-order valence-corrected chi connectivity index (χ2v) is 6.18. The maximum absolute atomic E-state index is 12.9. The van der Waals surface area contributed by atoms with Gasteiger partial charge in [-0.05, 0) is 43.9 Å². The molecule has 25 heavy (non-hydrogen) atoms. The van der Waals surface area contributed by atoms with Gasteiger partial charge in [-0.2, -0.15) is 0 Å². The van der Waals surface area contributed by atoms with Crippen LogP contribution in [0.15, 0.2) is 36.5 Å². The summed E-state index contributed by atoms with van der Waals surface area (Å²) in [4.78, 5) is 23.5. The maximum Gasteiger partial charge on any atom is 0.272 e. The summed E-state index contributed by atoms with van der Waals surface area (Å²) < 4.78 is 5.22. The summed E-state index contributed by atoms with van der Waals surface area (Å²) in [5, 5.41) is 3.13. The molecule has 1 amide bonds. The average molecular weight is 340 g/mol. The normalized spacial score (nSPS) is 17.2.